The predicted octanol–water partition coefficient (Wildman–Crippen LogP) is 6.28. The molecule has 0 bridgehead atoms. The van der Waals surface area contributed by atoms with E-state index in [0.717, 1.165) is 11.1 Å². The van der Waals surface area contributed by atoms with Gasteiger partial charge in [-0.2, -0.15) is 0 Å². The molecule has 2 aromatic carbocycles. The number of aromatic nitrogens is 1. The second-order valence-corrected chi connectivity index (χ2v) is 9.92. The van der Waals surface area contributed by atoms with Crippen LogP contribution in [0.4, 0.5) is 5.69 Å². The largest absolute Gasteiger partial charge is 0.479 e. The molecule has 0 aliphatic carbocycles. The average molecular weight is 475 g/mol. The molecule has 0 radical (unpaired) electrons. The fraction of sp³-hybridized carbons (Fsp3) is 0.321. The number of anilines is 1. The average Bonchev–Trinajstić information content (AvgIpc) is 2.91. The zero-order chi connectivity index (χ0) is 25.7. The number of carboxylic acid groups (broad SMARTS) is 1. The fourth-order valence-electron chi connectivity index (χ4n) is 4.34. The topological polar surface area (TPSA) is 97.8 Å². The van der Waals surface area contributed by atoms with Crippen LogP contribution < -0.4 is 10.1 Å². The summed E-state index contributed by atoms with van der Waals surface area (Å²) in [5.74, 6) is -0.831. The Labute approximate surface area is 205 Å². The summed E-state index contributed by atoms with van der Waals surface area (Å²) >= 11 is 0. The van der Waals surface area contributed by atoms with Crippen molar-refractivity contribution in [1.82, 2.24) is 4.98 Å². The molecule has 4 rings (SSSR count). The normalized spacial score (nSPS) is 13.7. The number of nitrogens with zero attached hydrogens (tertiary/aromatic N) is 1. The molecule has 0 unspecified atom stereocenters. The molecule has 0 saturated carbocycles. The molecule has 2 heterocycles. The molecular formula is C28H30N2O5. The van der Waals surface area contributed by atoms with Gasteiger partial charge < -0.3 is 19.9 Å². The van der Waals surface area contributed by atoms with Crippen molar-refractivity contribution in [3.63, 3.8) is 0 Å². The van der Waals surface area contributed by atoms with Crippen LogP contribution in [0.1, 0.15) is 65.2 Å². The summed E-state index contributed by atoms with van der Waals surface area (Å²) in [6, 6.07) is 11.3. The van der Waals surface area contributed by atoms with Gasteiger partial charge >= 0.3 is 5.97 Å². The van der Waals surface area contributed by atoms with Crippen molar-refractivity contribution < 1.29 is 24.2 Å². The lowest BCUT2D eigenvalue weighted by atomic mass is 9.86. The number of hydrogen-bond donors (Lipinski definition) is 2. The van der Waals surface area contributed by atoms with Crippen LogP contribution >= 0.6 is 0 Å². The predicted molar refractivity (Wildman–Crippen MR) is 134 cm³/mol. The summed E-state index contributed by atoms with van der Waals surface area (Å²) < 4.78 is 12.3. The van der Waals surface area contributed by atoms with Gasteiger partial charge in [-0.15, -0.1) is 0 Å². The molecule has 1 aliphatic rings. The second-order valence-electron chi connectivity index (χ2n) is 9.92. The molecule has 0 fully saturated rings. The highest BCUT2D eigenvalue weighted by Crippen LogP contribution is 2.49. The number of rotatable bonds is 4. The zero-order valence-electron chi connectivity index (χ0n) is 21.1. The van der Waals surface area contributed by atoms with Gasteiger partial charge in [-0.3, -0.25) is 4.79 Å². The van der Waals surface area contributed by atoms with Crippen molar-refractivity contribution in [3.8, 4) is 22.8 Å². The van der Waals surface area contributed by atoms with Crippen LogP contribution in [-0.2, 0) is 9.53 Å². The van der Waals surface area contributed by atoms with E-state index in [1.807, 2.05) is 65.8 Å². The van der Waals surface area contributed by atoms with Crippen LogP contribution in [0.5, 0.6) is 11.6 Å². The number of benzene rings is 2. The number of pyridine rings is 1. The molecule has 1 aromatic heterocycles. The molecule has 1 aliphatic heterocycles. The van der Waals surface area contributed by atoms with Crippen molar-refractivity contribution in [1.29, 1.82) is 0 Å². The minimum absolute atomic E-state index is 0.215. The highest BCUT2D eigenvalue weighted by molar-refractivity contribution is 6.09. The highest BCUT2D eigenvalue weighted by atomic mass is 16.5. The van der Waals surface area contributed by atoms with E-state index in [-0.39, 0.29) is 11.8 Å². The highest BCUT2D eigenvalue weighted by Gasteiger charge is 2.36. The molecule has 182 valence electrons. The van der Waals surface area contributed by atoms with E-state index in [1.54, 1.807) is 19.1 Å². The quantitative estimate of drug-likeness (QED) is 0.462. The molecule has 7 heteroatoms. The standard InChI is InChI=1S/C28H30N2O5/c1-14-8-11-18(12-9-14)20-17(4)23-22(16(3)21(20)24(27(32)33)35-28(5,6)7)30-25(31)19-13-10-15(2)29-26(19)34-23/h8-13,24H,1-7H3,(H,30,31)(H,32,33)/t24-/m0/s1. The van der Waals surface area contributed by atoms with Crippen LogP contribution in [0.2, 0.25) is 0 Å². The first kappa shape index (κ1) is 24.4. The Morgan fingerprint density at radius 3 is 2.29 bits per heavy atom. The van der Waals surface area contributed by atoms with Crippen molar-refractivity contribution in [2.75, 3.05) is 5.32 Å². The molecular weight excluding hydrogens is 444 g/mol. The first-order valence-electron chi connectivity index (χ1n) is 11.5. The molecule has 0 spiro atoms. The van der Waals surface area contributed by atoms with Crippen molar-refractivity contribution in [2.45, 2.75) is 60.2 Å². The van der Waals surface area contributed by atoms with E-state index < -0.39 is 17.7 Å². The van der Waals surface area contributed by atoms with E-state index in [1.165, 1.54) is 0 Å². The molecule has 7 nitrogen and oxygen atoms in total. The Hall–Kier alpha value is -3.71. The van der Waals surface area contributed by atoms with E-state index in [4.69, 9.17) is 9.47 Å². The monoisotopic (exact) mass is 474 g/mol. The molecule has 1 atom stereocenters. The number of carboxylic acids is 1. The van der Waals surface area contributed by atoms with E-state index in [2.05, 4.69) is 10.3 Å². The van der Waals surface area contributed by atoms with Crippen LogP contribution in [-0.4, -0.2) is 27.6 Å². The Kier molecular flexibility index (Phi) is 6.15. The van der Waals surface area contributed by atoms with Gasteiger partial charge in [0.15, 0.2) is 11.9 Å². The zero-order valence-corrected chi connectivity index (χ0v) is 21.1. The Balaban J connectivity index is 2.06. The third-order valence-electron chi connectivity index (χ3n) is 5.97. The van der Waals surface area contributed by atoms with Gasteiger partial charge in [0.25, 0.3) is 5.91 Å². The minimum atomic E-state index is -1.27. The number of nitrogens with one attached hydrogen (secondary N) is 1. The maximum absolute atomic E-state index is 13.1. The smallest absolute Gasteiger partial charge is 0.337 e. The Morgan fingerprint density at radius 2 is 1.69 bits per heavy atom. The number of carbonyl (C=O) groups excluding carboxylic acids is 1. The third-order valence-corrected chi connectivity index (χ3v) is 5.97. The molecule has 0 saturated heterocycles. The Bertz CT molecular complexity index is 1340. The number of hydrogen-bond acceptors (Lipinski definition) is 5. The molecule has 2 N–H and O–H groups in total. The number of amides is 1. The summed E-state index contributed by atoms with van der Waals surface area (Å²) in [5.41, 5.74) is 5.05. The lowest BCUT2D eigenvalue weighted by Gasteiger charge is -2.30. The maximum atomic E-state index is 13.1. The van der Waals surface area contributed by atoms with Gasteiger partial charge in [0, 0.05) is 16.8 Å². The van der Waals surface area contributed by atoms with Gasteiger partial charge in [0.05, 0.1) is 11.3 Å². The van der Waals surface area contributed by atoms with Crippen molar-refractivity contribution in [2.24, 2.45) is 0 Å². The summed E-state index contributed by atoms with van der Waals surface area (Å²) in [6.45, 7) is 12.9. The van der Waals surface area contributed by atoms with Crippen molar-refractivity contribution in [3.05, 3.63) is 69.9 Å². The minimum Gasteiger partial charge on any atom is -0.479 e. The number of aliphatic carboxylic acids is 1. The van der Waals surface area contributed by atoms with Gasteiger partial charge in [0.1, 0.15) is 5.56 Å². The second kappa shape index (κ2) is 8.82. The summed E-state index contributed by atoms with van der Waals surface area (Å²) in [6.07, 6.45) is -1.27. The van der Waals surface area contributed by atoms with Gasteiger partial charge in [-0.25, -0.2) is 9.78 Å². The molecule has 3 aromatic rings. The maximum Gasteiger partial charge on any atom is 0.337 e. The SMILES string of the molecule is Cc1ccc(-c2c(C)c3c(c(C)c2[C@H](OC(C)(C)C)C(=O)O)NC(=O)c2ccc(C)nc2O3)cc1. The number of ether oxygens (including phenoxy) is 2. The summed E-state index contributed by atoms with van der Waals surface area (Å²) in [4.78, 5) is 30.1. The number of aryl methyl sites for hydroxylation is 2. The lowest BCUT2D eigenvalue weighted by molar-refractivity contribution is -0.160. The van der Waals surface area contributed by atoms with Gasteiger partial charge in [0.2, 0.25) is 5.88 Å². The van der Waals surface area contributed by atoms with Gasteiger partial charge in [-0.05, 0) is 77.3 Å². The van der Waals surface area contributed by atoms with Crippen LogP contribution in [0, 0.1) is 27.7 Å². The lowest BCUT2D eigenvalue weighted by Crippen LogP contribution is -2.28. The summed E-state index contributed by atoms with van der Waals surface area (Å²) in [5, 5.41) is 13.2. The first-order valence-corrected chi connectivity index (χ1v) is 11.5. The van der Waals surface area contributed by atoms with E-state index in [0.29, 0.717) is 44.9 Å². The van der Waals surface area contributed by atoms with Crippen LogP contribution in [0.3, 0.4) is 0 Å². The van der Waals surface area contributed by atoms with Gasteiger partial charge in [-0.1, -0.05) is 29.8 Å². The van der Waals surface area contributed by atoms with Crippen molar-refractivity contribution >= 4 is 17.6 Å². The molecule has 1 amide bonds. The summed E-state index contributed by atoms with van der Waals surface area (Å²) in [7, 11) is 0. The first-order chi connectivity index (χ1) is 16.4. The third kappa shape index (κ3) is 4.64. The van der Waals surface area contributed by atoms with E-state index >= 15 is 0 Å². The molecule has 35 heavy (non-hydrogen) atoms. The number of fused-ring (bicyclic) bond motifs is 2. The fourth-order valence-corrected chi connectivity index (χ4v) is 4.34. The van der Waals surface area contributed by atoms with Crippen LogP contribution in [0.15, 0.2) is 36.4 Å². The van der Waals surface area contributed by atoms with E-state index in [9.17, 15) is 14.7 Å². The van der Waals surface area contributed by atoms with Crippen LogP contribution in [0.25, 0.3) is 11.1 Å². The Morgan fingerprint density at radius 1 is 1.03 bits per heavy atom. The number of carbonyl (C=O) groups is 2.